The first-order valence-electron chi connectivity index (χ1n) is 8.64. The molecule has 0 spiro atoms. The summed E-state index contributed by atoms with van der Waals surface area (Å²) in [6.45, 7) is 1.92. The van der Waals surface area contributed by atoms with Gasteiger partial charge in [-0.25, -0.2) is 4.68 Å². The van der Waals surface area contributed by atoms with Crippen molar-refractivity contribution < 1.29 is 9.59 Å². The quantitative estimate of drug-likeness (QED) is 0.595. The molecule has 0 aliphatic heterocycles. The van der Waals surface area contributed by atoms with Crippen LogP contribution in [0.4, 0.5) is 5.69 Å². The van der Waals surface area contributed by atoms with Crippen LogP contribution in [-0.4, -0.2) is 37.8 Å². The number of carbonyl (C=O) groups is 2. The molecule has 0 aliphatic rings. The van der Waals surface area contributed by atoms with Gasteiger partial charge in [0.1, 0.15) is 0 Å². The summed E-state index contributed by atoms with van der Waals surface area (Å²) >= 11 is 1.22. The summed E-state index contributed by atoms with van der Waals surface area (Å²) in [7, 11) is 1.70. The number of para-hydroxylation sites is 1. The number of benzene rings is 2. The van der Waals surface area contributed by atoms with Crippen LogP contribution in [0.2, 0.25) is 0 Å². The van der Waals surface area contributed by atoms with Gasteiger partial charge in [-0.2, -0.15) is 0 Å². The first-order valence-corrected chi connectivity index (χ1v) is 9.63. The molecule has 0 radical (unpaired) electrons. The molecule has 0 fully saturated rings. The minimum absolute atomic E-state index is 0.130. The maximum Gasteiger partial charge on any atom is 0.253 e. The highest BCUT2D eigenvalue weighted by Gasteiger charge is 2.16. The van der Waals surface area contributed by atoms with E-state index in [9.17, 15) is 9.59 Å². The van der Waals surface area contributed by atoms with Gasteiger partial charge in [0.2, 0.25) is 11.1 Å². The number of aryl methyl sites for hydroxylation is 1. The first kappa shape index (κ1) is 19.6. The molecule has 0 aliphatic carbocycles. The Kier molecular flexibility index (Phi) is 6.38. The Hall–Kier alpha value is -3.20. The van der Waals surface area contributed by atoms with E-state index in [-0.39, 0.29) is 23.6 Å². The number of amides is 2. The van der Waals surface area contributed by atoms with Crippen molar-refractivity contribution in [2.24, 2.45) is 7.05 Å². The van der Waals surface area contributed by atoms with Crippen LogP contribution >= 0.6 is 11.8 Å². The summed E-state index contributed by atoms with van der Waals surface area (Å²) in [6, 6.07) is 16.5. The molecular formula is C19H20N6O2S. The monoisotopic (exact) mass is 396 g/mol. The Morgan fingerprint density at radius 3 is 2.54 bits per heavy atom. The van der Waals surface area contributed by atoms with Crippen molar-refractivity contribution in [2.45, 2.75) is 18.1 Å². The summed E-state index contributed by atoms with van der Waals surface area (Å²) in [5.41, 5.74) is 1.87. The molecule has 1 atom stereocenters. The third kappa shape index (κ3) is 4.95. The van der Waals surface area contributed by atoms with E-state index in [2.05, 4.69) is 26.2 Å². The minimum atomic E-state index is -0.252. The Morgan fingerprint density at radius 2 is 1.82 bits per heavy atom. The SMILES string of the molecule is C[C@@H](NC(=O)c1ccccc1NC(=O)CSc1nnnn1C)c1ccccc1. The van der Waals surface area contributed by atoms with E-state index < -0.39 is 0 Å². The third-order valence-electron chi connectivity index (χ3n) is 4.01. The van der Waals surface area contributed by atoms with Crippen LogP contribution in [0.25, 0.3) is 0 Å². The van der Waals surface area contributed by atoms with E-state index in [1.807, 2.05) is 37.3 Å². The number of carbonyl (C=O) groups excluding carboxylic acids is 2. The lowest BCUT2D eigenvalue weighted by Crippen LogP contribution is -2.28. The van der Waals surface area contributed by atoms with Crippen molar-refractivity contribution in [1.82, 2.24) is 25.5 Å². The van der Waals surface area contributed by atoms with E-state index in [4.69, 9.17) is 0 Å². The molecule has 3 aromatic rings. The maximum absolute atomic E-state index is 12.7. The van der Waals surface area contributed by atoms with Crippen molar-refractivity contribution in [3.05, 3.63) is 65.7 Å². The van der Waals surface area contributed by atoms with Crippen molar-refractivity contribution in [3.63, 3.8) is 0 Å². The number of hydrogen-bond donors (Lipinski definition) is 2. The highest BCUT2D eigenvalue weighted by atomic mass is 32.2. The van der Waals surface area contributed by atoms with E-state index >= 15 is 0 Å². The van der Waals surface area contributed by atoms with E-state index in [0.29, 0.717) is 16.4 Å². The minimum Gasteiger partial charge on any atom is -0.345 e. The highest BCUT2D eigenvalue weighted by molar-refractivity contribution is 7.99. The maximum atomic E-state index is 12.7. The molecule has 0 saturated heterocycles. The van der Waals surface area contributed by atoms with Crippen LogP contribution in [0.15, 0.2) is 59.8 Å². The number of tetrazole rings is 1. The second kappa shape index (κ2) is 9.14. The lowest BCUT2D eigenvalue weighted by molar-refractivity contribution is -0.113. The second-order valence-electron chi connectivity index (χ2n) is 6.07. The van der Waals surface area contributed by atoms with Crippen molar-refractivity contribution in [2.75, 3.05) is 11.1 Å². The second-order valence-corrected chi connectivity index (χ2v) is 7.02. The first-order chi connectivity index (χ1) is 13.5. The summed E-state index contributed by atoms with van der Waals surface area (Å²) in [5.74, 6) is -0.369. The average molecular weight is 396 g/mol. The summed E-state index contributed by atoms with van der Waals surface area (Å²) in [4.78, 5) is 25.0. The highest BCUT2D eigenvalue weighted by Crippen LogP contribution is 2.19. The van der Waals surface area contributed by atoms with Crippen LogP contribution in [0.1, 0.15) is 28.9 Å². The molecule has 28 heavy (non-hydrogen) atoms. The van der Waals surface area contributed by atoms with Gasteiger partial charge in [0.25, 0.3) is 5.91 Å². The number of anilines is 1. The van der Waals surface area contributed by atoms with Gasteiger partial charge in [-0.3, -0.25) is 9.59 Å². The largest absolute Gasteiger partial charge is 0.345 e. The molecule has 1 aromatic heterocycles. The number of nitrogens with one attached hydrogen (secondary N) is 2. The smallest absolute Gasteiger partial charge is 0.253 e. The fourth-order valence-corrected chi connectivity index (χ4v) is 3.20. The third-order valence-corrected chi connectivity index (χ3v) is 5.02. The lowest BCUT2D eigenvalue weighted by atomic mass is 10.1. The molecule has 0 unspecified atom stereocenters. The van der Waals surface area contributed by atoms with Gasteiger partial charge in [-0.05, 0) is 35.0 Å². The van der Waals surface area contributed by atoms with Crippen molar-refractivity contribution in [3.8, 4) is 0 Å². The van der Waals surface area contributed by atoms with Crippen LogP contribution in [0.5, 0.6) is 0 Å². The Bertz CT molecular complexity index is 960. The fraction of sp³-hybridized carbons (Fsp3) is 0.211. The van der Waals surface area contributed by atoms with Crippen LogP contribution < -0.4 is 10.6 Å². The molecule has 3 rings (SSSR count). The molecule has 144 valence electrons. The topological polar surface area (TPSA) is 102 Å². The predicted octanol–water partition coefficient (Wildman–Crippen LogP) is 2.43. The Labute approximate surface area is 166 Å². The normalized spacial score (nSPS) is 11.6. The van der Waals surface area contributed by atoms with Gasteiger partial charge in [-0.1, -0.05) is 54.2 Å². The van der Waals surface area contributed by atoms with Gasteiger partial charge in [0, 0.05) is 7.05 Å². The molecule has 2 aromatic carbocycles. The fourth-order valence-electron chi connectivity index (χ4n) is 2.55. The zero-order valence-electron chi connectivity index (χ0n) is 15.5. The van der Waals surface area contributed by atoms with Gasteiger partial charge in [0.15, 0.2) is 0 Å². The number of rotatable bonds is 7. The van der Waals surface area contributed by atoms with Crippen molar-refractivity contribution in [1.29, 1.82) is 0 Å². The van der Waals surface area contributed by atoms with Crippen molar-refractivity contribution >= 4 is 29.3 Å². The molecule has 8 nitrogen and oxygen atoms in total. The molecule has 2 N–H and O–H groups in total. The summed E-state index contributed by atoms with van der Waals surface area (Å²) < 4.78 is 1.49. The molecule has 0 saturated carbocycles. The van der Waals surface area contributed by atoms with Crippen LogP contribution in [0, 0.1) is 0 Å². The average Bonchev–Trinajstić information content (AvgIpc) is 3.12. The Morgan fingerprint density at radius 1 is 1.11 bits per heavy atom. The van der Waals surface area contributed by atoms with Gasteiger partial charge in [-0.15, -0.1) is 5.10 Å². The van der Waals surface area contributed by atoms with Crippen LogP contribution in [0.3, 0.4) is 0 Å². The molecule has 2 amide bonds. The number of thioether (sulfide) groups is 1. The number of hydrogen-bond acceptors (Lipinski definition) is 6. The zero-order valence-corrected chi connectivity index (χ0v) is 16.3. The van der Waals surface area contributed by atoms with E-state index in [1.165, 1.54) is 16.4 Å². The molecule has 0 bridgehead atoms. The summed E-state index contributed by atoms with van der Waals surface area (Å²) in [6.07, 6.45) is 0. The lowest BCUT2D eigenvalue weighted by Gasteiger charge is -2.16. The van der Waals surface area contributed by atoms with Crippen LogP contribution in [-0.2, 0) is 11.8 Å². The van der Waals surface area contributed by atoms with Gasteiger partial charge >= 0.3 is 0 Å². The zero-order chi connectivity index (χ0) is 19.9. The Balaban J connectivity index is 1.64. The molecular weight excluding hydrogens is 376 g/mol. The number of nitrogens with zero attached hydrogens (tertiary/aromatic N) is 4. The van der Waals surface area contributed by atoms with Gasteiger partial charge in [0.05, 0.1) is 23.0 Å². The predicted molar refractivity (Wildman–Crippen MR) is 107 cm³/mol. The molecule has 9 heteroatoms. The summed E-state index contributed by atoms with van der Waals surface area (Å²) in [5, 5.41) is 17.4. The standard InChI is InChI=1S/C19H20N6O2S/c1-13(14-8-4-3-5-9-14)20-18(27)15-10-6-7-11-16(15)21-17(26)12-28-19-22-23-24-25(19)2/h3-11,13H,12H2,1-2H3,(H,20,27)(H,21,26)/t13-/m1/s1. The van der Waals surface area contributed by atoms with Gasteiger partial charge < -0.3 is 10.6 Å². The van der Waals surface area contributed by atoms with E-state index in [1.54, 1.807) is 31.3 Å². The number of aromatic nitrogens is 4. The van der Waals surface area contributed by atoms with E-state index in [0.717, 1.165) is 5.56 Å². The molecule has 1 heterocycles.